The van der Waals surface area contributed by atoms with Gasteiger partial charge in [-0.05, 0) is 20.4 Å². The van der Waals surface area contributed by atoms with Crippen LogP contribution in [-0.2, 0) is 4.74 Å². The van der Waals surface area contributed by atoms with Crippen molar-refractivity contribution < 1.29 is 4.74 Å². The zero-order chi connectivity index (χ0) is 15.1. The van der Waals surface area contributed by atoms with E-state index in [1.807, 2.05) is 0 Å². The summed E-state index contributed by atoms with van der Waals surface area (Å²) in [4.78, 5) is 9.57. The van der Waals surface area contributed by atoms with Crippen molar-refractivity contribution in [2.45, 2.75) is 31.6 Å². The molecule has 0 saturated carbocycles. The zero-order valence-electron chi connectivity index (χ0n) is 14.1. The first-order chi connectivity index (χ1) is 10.2. The van der Waals surface area contributed by atoms with E-state index >= 15 is 0 Å². The van der Waals surface area contributed by atoms with Crippen molar-refractivity contribution in [2.75, 3.05) is 58.7 Å². The summed E-state index contributed by atoms with van der Waals surface area (Å²) in [6.07, 6.45) is 1.47. The number of likely N-dealkylation sites (N-methyl/N-ethyl adjacent to an activating group) is 1. The minimum absolute atomic E-state index is 0. The predicted octanol–water partition coefficient (Wildman–Crippen LogP) is 1.73. The monoisotopic (exact) mass is 442 g/mol. The van der Waals surface area contributed by atoms with Crippen LogP contribution < -0.4 is 5.32 Å². The van der Waals surface area contributed by atoms with Crippen LogP contribution in [0.25, 0.3) is 0 Å². The van der Waals surface area contributed by atoms with E-state index in [9.17, 15) is 0 Å². The maximum Gasteiger partial charge on any atom is 0.194 e. The number of halogens is 1. The van der Waals surface area contributed by atoms with Crippen molar-refractivity contribution >= 4 is 41.7 Å². The molecule has 0 amide bonds. The van der Waals surface area contributed by atoms with E-state index in [0.29, 0.717) is 0 Å². The van der Waals surface area contributed by atoms with Crippen LogP contribution in [0.3, 0.4) is 0 Å². The lowest BCUT2D eigenvalue weighted by molar-refractivity contribution is -0.0137. The van der Waals surface area contributed by atoms with Gasteiger partial charge in [0, 0.05) is 43.7 Å². The average molecular weight is 442 g/mol. The van der Waals surface area contributed by atoms with Gasteiger partial charge in [0.2, 0.25) is 0 Å². The molecule has 0 spiro atoms. The number of morpholine rings is 1. The molecule has 0 aliphatic carbocycles. The SMILES string of the molecule is CCNC(=NCC1CN(C)CCO1)N1CCSC(CC)C1.I. The lowest BCUT2D eigenvalue weighted by Gasteiger charge is -2.35. The van der Waals surface area contributed by atoms with Crippen LogP contribution in [0.5, 0.6) is 0 Å². The molecule has 2 heterocycles. The van der Waals surface area contributed by atoms with E-state index in [0.717, 1.165) is 57.1 Å². The van der Waals surface area contributed by atoms with Gasteiger partial charge in [-0.15, -0.1) is 24.0 Å². The molecule has 1 N–H and O–H groups in total. The molecule has 7 heteroatoms. The van der Waals surface area contributed by atoms with Gasteiger partial charge in [0.25, 0.3) is 0 Å². The molecule has 0 aromatic heterocycles. The van der Waals surface area contributed by atoms with Gasteiger partial charge >= 0.3 is 0 Å². The van der Waals surface area contributed by atoms with Crippen molar-refractivity contribution in [2.24, 2.45) is 4.99 Å². The van der Waals surface area contributed by atoms with Gasteiger partial charge in [-0.1, -0.05) is 6.92 Å². The van der Waals surface area contributed by atoms with Crippen LogP contribution in [0.1, 0.15) is 20.3 Å². The van der Waals surface area contributed by atoms with Crippen LogP contribution in [0.4, 0.5) is 0 Å². The predicted molar refractivity (Wildman–Crippen MR) is 107 cm³/mol. The molecule has 0 radical (unpaired) electrons. The number of nitrogens with zero attached hydrogens (tertiary/aromatic N) is 3. The van der Waals surface area contributed by atoms with E-state index in [2.05, 4.69) is 47.8 Å². The Balaban J connectivity index is 0.00000242. The minimum atomic E-state index is 0. The van der Waals surface area contributed by atoms with Crippen LogP contribution in [0, 0.1) is 0 Å². The number of thioether (sulfide) groups is 1. The number of hydrogen-bond acceptors (Lipinski definition) is 4. The fourth-order valence-electron chi connectivity index (χ4n) is 2.75. The van der Waals surface area contributed by atoms with Crippen LogP contribution in [-0.4, -0.2) is 85.8 Å². The van der Waals surface area contributed by atoms with Crippen molar-refractivity contribution in [3.05, 3.63) is 0 Å². The molecule has 2 aliphatic heterocycles. The Morgan fingerprint density at radius 1 is 1.32 bits per heavy atom. The van der Waals surface area contributed by atoms with Crippen LogP contribution >= 0.6 is 35.7 Å². The molecule has 2 saturated heterocycles. The summed E-state index contributed by atoms with van der Waals surface area (Å²) in [6, 6.07) is 0. The first-order valence-electron chi connectivity index (χ1n) is 8.18. The van der Waals surface area contributed by atoms with E-state index in [4.69, 9.17) is 9.73 Å². The normalized spacial score (nSPS) is 27.4. The van der Waals surface area contributed by atoms with E-state index < -0.39 is 0 Å². The van der Waals surface area contributed by atoms with Gasteiger partial charge in [0.1, 0.15) is 0 Å². The van der Waals surface area contributed by atoms with Crippen LogP contribution in [0.2, 0.25) is 0 Å². The third kappa shape index (κ3) is 6.41. The number of ether oxygens (including phenoxy) is 1. The minimum Gasteiger partial charge on any atom is -0.374 e. The largest absolute Gasteiger partial charge is 0.374 e. The highest BCUT2D eigenvalue weighted by molar-refractivity contribution is 14.0. The molecular formula is C15H31IN4OS. The summed E-state index contributed by atoms with van der Waals surface area (Å²) >= 11 is 2.09. The Hall–Kier alpha value is 0.270. The zero-order valence-corrected chi connectivity index (χ0v) is 17.2. The summed E-state index contributed by atoms with van der Waals surface area (Å²) < 4.78 is 5.81. The molecule has 0 aromatic carbocycles. The smallest absolute Gasteiger partial charge is 0.194 e. The Morgan fingerprint density at radius 2 is 2.14 bits per heavy atom. The maximum atomic E-state index is 5.81. The molecular weight excluding hydrogens is 411 g/mol. The lowest BCUT2D eigenvalue weighted by Crippen LogP contribution is -2.48. The van der Waals surface area contributed by atoms with Crippen molar-refractivity contribution in [1.82, 2.24) is 15.1 Å². The summed E-state index contributed by atoms with van der Waals surface area (Å²) in [5, 5.41) is 4.18. The third-order valence-electron chi connectivity index (χ3n) is 4.02. The van der Waals surface area contributed by atoms with Crippen molar-refractivity contribution in [3.8, 4) is 0 Å². The second-order valence-electron chi connectivity index (χ2n) is 5.80. The Kier molecular flexibility index (Phi) is 10.1. The van der Waals surface area contributed by atoms with Crippen LogP contribution in [0.15, 0.2) is 4.99 Å². The van der Waals surface area contributed by atoms with E-state index in [-0.39, 0.29) is 30.1 Å². The highest BCUT2D eigenvalue weighted by Crippen LogP contribution is 2.21. The number of nitrogens with one attached hydrogen (secondary N) is 1. The molecule has 130 valence electrons. The fraction of sp³-hybridized carbons (Fsp3) is 0.933. The standard InChI is InChI=1S/C15H30N4OS.HI/c1-4-14-12-19(7-9-21-14)15(16-5-2)17-10-13-11-18(3)6-8-20-13;/h13-14H,4-12H2,1-3H3,(H,16,17);1H. The third-order valence-corrected chi connectivity index (χ3v) is 5.39. The Morgan fingerprint density at radius 3 is 2.82 bits per heavy atom. The van der Waals surface area contributed by atoms with E-state index in [1.165, 1.54) is 12.2 Å². The molecule has 22 heavy (non-hydrogen) atoms. The second kappa shape index (κ2) is 10.9. The highest BCUT2D eigenvalue weighted by atomic mass is 127. The van der Waals surface area contributed by atoms with Gasteiger partial charge in [0.15, 0.2) is 5.96 Å². The molecule has 2 fully saturated rings. The molecule has 5 nitrogen and oxygen atoms in total. The van der Waals surface area contributed by atoms with Gasteiger partial charge in [-0.25, -0.2) is 0 Å². The summed E-state index contributed by atoms with van der Waals surface area (Å²) in [5.41, 5.74) is 0. The maximum absolute atomic E-state index is 5.81. The van der Waals surface area contributed by atoms with Gasteiger partial charge in [0.05, 0.1) is 19.3 Å². The number of hydrogen-bond donors (Lipinski definition) is 1. The fourth-order valence-corrected chi connectivity index (χ4v) is 3.93. The molecule has 0 bridgehead atoms. The molecule has 2 atom stereocenters. The number of rotatable bonds is 4. The molecule has 2 aliphatic rings. The first-order valence-corrected chi connectivity index (χ1v) is 9.22. The summed E-state index contributed by atoms with van der Waals surface area (Å²) in [5.74, 6) is 2.26. The van der Waals surface area contributed by atoms with Gasteiger partial charge in [-0.3, -0.25) is 4.99 Å². The second-order valence-corrected chi connectivity index (χ2v) is 7.20. The topological polar surface area (TPSA) is 40.1 Å². The van der Waals surface area contributed by atoms with E-state index in [1.54, 1.807) is 0 Å². The van der Waals surface area contributed by atoms with Gasteiger partial charge in [-0.2, -0.15) is 11.8 Å². The lowest BCUT2D eigenvalue weighted by atomic mass is 10.3. The quantitative estimate of drug-likeness (QED) is 0.408. The molecule has 2 rings (SSSR count). The Labute approximate surface area is 156 Å². The number of aliphatic imine (C=N–C) groups is 1. The highest BCUT2D eigenvalue weighted by Gasteiger charge is 2.22. The average Bonchev–Trinajstić information content (AvgIpc) is 2.51. The van der Waals surface area contributed by atoms with Crippen molar-refractivity contribution in [1.29, 1.82) is 0 Å². The van der Waals surface area contributed by atoms with Crippen molar-refractivity contribution in [3.63, 3.8) is 0 Å². The number of guanidine groups is 1. The molecule has 2 unspecified atom stereocenters. The Bertz CT molecular complexity index is 346. The molecule has 0 aromatic rings. The summed E-state index contributed by atoms with van der Waals surface area (Å²) in [7, 11) is 2.15. The van der Waals surface area contributed by atoms with Gasteiger partial charge < -0.3 is 19.9 Å². The first kappa shape index (κ1) is 20.3. The summed E-state index contributed by atoms with van der Waals surface area (Å²) in [6.45, 7) is 11.1.